The van der Waals surface area contributed by atoms with Gasteiger partial charge in [-0.25, -0.2) is 0 Å². The lowest BCUT2D eigenvalue weighted by molar-refractivity contribution is -0.144. The molecule has 0 amide bonds. The van der Waals surface area contributed by atoms with Crippen molar-refractivity contribution in [1.29, 1.82) is 0 Å². The molecule has 0 unspecified atom stereocenters. The predicted octanol–water partition coefficient (Wildman–Crippen LogP) is 4.61. The average Bonchev–Trinajstić information content (AvgIpc) is 2.66. The first-order valence-corrected chi connectivity index (χ1v) is 5.93. The van der Waals surface area contributed by atoms with E-state index in [-0.39, 0.29) is 11.5 Å². The second-order valence-corrected chi connectivity index (χ2v) is 3.22. The van der Waals surface area contributed by atoms with Crippen molar-refractivity contribution in [2.45, 2.75) is 53.6 Å². The lowest BCUT2D eigenvalue weighted by Crippen LogP contribution is -2.14. The maximum absolute atomic E-state index is 12.4. The SMILES string of the molecule is CC.CC.CC(C)c1cnn(C)c1C(F)(F)F. The second kappa shape index (κ2) is 8.14. The summed E-state index contributed by atoms with van der Waals surface area (Å²) in [5.74, 6) is -0.162. The van der Waals surface area contributed by atoms with E-state index < -0.39 is 11.9 Å². The Labute approximate surface area is 102 Å². The van der Waals surface area contributed by atoms with Gasteiger partial charge in [-0.05, 0) is 5.92 Å². The summed E-state index contributed by atoms with van der Waals surface area (Å²) in [6.45, 7) is 11.4. The van der Waals surface area contributed by atoms with E-state index in [0.717, 1.165) is 4.68 Å². The normalized spacial score (nSPS) is 10.3. The minimum atomic E-state index is -4.31. The summed E-state index contributed by atoms with van der Waals surface area (Å²) in [4.78, 5) is 0. The van der Waals surface area contributed by atoms with Crippen molar-refractivity contribution in [3.05, 3.63) is 17.5 Å². The first-order chi connectivity index (χ1) is 7.84. The van der Waals surface area contributed by atoms with Gasteiger partial charge in [0.2, 0.25) is 0 Å². The molecule has 2 nitrogen and oxygen atoms in total. The summed E-state index contributed by atoms with van der Waals surface area (Å²) in [7, 11) is 1.30. The minimum absolute atomic E-state index is 0.162. The van der Waals surface area contributed by atoms with Crippen molar-refractivity contribution in [3.8, 4) is 0 Å². The van der Waals surface area contributed by atoms with E-state index in [1.807, 2.05) is 27.7 Å². The number of halogens is 3. The highest BCUT2D eigenvalue weighted by atomic mass is 19.4. The molecule has 1 aromatic rings. The molecule has 1 heterocycles. The van der Waals surface area contributed by atoms with Crippen LogP contribution in [0.4, 0.5) is 13.2 Å². The summed E-state index contributed by atoms with van der Waals surface area (Å²) in [6.07, 6.45) is -3.04. The van der Waals surface area contributed by atoms with Crippen LogP contribution in [0.1, 0.15) is 58.7 Å². The Morgan fingerprint density at radius 2 is 1.53 bits per heavy atom. The molecule has 1 aromatic heterocycles. The van der Waals surface area contributed by atoms with Gasteiger partial charge in [-0.2, -0.15) is 18.3 Å². The number of alkyl halides is 3. The van der Waals surface area contributed by atoms with Gasteiger partial charge >= 0.3 is 6.18 Å². The Morgan fingerprint density at radius 1 is 1.12 bits per heavy atom. The molecule has 0 spiro atoms. The molecule has 0 aliphatic rings. The van der Waals surface area contributed by atoms with Crippen LogP contribution in [0.3, 0.4) is 0 Å². The minimum Gasteiger partial charge on any atom is -0.263 e. The molecular weight excluding hydrogens is 229 g/mol. The third-order valence-corrected chi connectivity index (χ3v) is 1.86. The molecule has 0 fully saturated rings. The zero-order chi connectivity index (χ0) is 14.2. The van der Waals surface area contributed by atoms with Crippen molar-refractivity contribution in [2.75, 3.05) is 0 Å². The number of aryl methyl sites for hydroxylation is 1. The number of nitrogens with zero attached hydrogens (tertiary/aromatic N) is 2. The maximum atomic E-state index is 12.4. The van der Waals surface area contributed by atoms with Gasteiger partial charge in [-0.15, -0.1) is 0 Å². The molecule has 17 heavy (non-hydrogen) atoms. The standard InChI is InChI=1S/C8H11F3N2.2C2H6/c1-5(2)6-4-12-13(3)7(6)8(9,10)11;2*1-2/h4-5H,1-3H3;2*1-2H3. The van der Waals surface area contributed by atoms with Crippen LogP contribution in [0, 0.1) is 0 Å². The van der Waals surface area contributed by atoms with E-state index in [1.54, 1.807) is 13.8 Å². The fourth-order valence-electron chi connectivity index (χ4n) is 1.22. The molecule has 0 aliphatic carbocycles. The lowest BCUT2D eigenvalue weighted by Gasteiger charge is -2.11. The molecule has 0 N–H and O–H groups in total. The van der Waals surface area contributed by atoms with E-state index in [4.69, 9.17) is 0 Å². The number of rotatable bonds is 1. The Kier molecular flexibility index (Phi) is 8.80. The van der Waals surface area contributed by atoms with Gasteiger partial charge in [0.05, 0.1) is 6.20 Å². The lowest BCUT2D eigenvalue weighted by atomic mass is 10.0. The molecule has 0 radical (unpaired) electrons. The number of hydrogen-bond acceptors (Lipinski definition) is 1. The highest BCUT2D eigenvalue weighted by Gasteiger charge is 2.37. The molecule has 0 bridgehead atoms. The van der Waals surface area contributed by atoms with Crippen molar-refractivity contribution < 1.29 is 13.2 Å². The van der Waals surface area contributed by atoms with Gasteiger partial charge in [0.15, 0.2) is 0 Å². The van der Waals surface area contributed by atoms with Crippen LogP contribution < -0.4 is 0 Å². The topological polar surface area (TPSA) is 17.8 Å². The third kappa shape index (κ3) is 5.24. The zero-order valence-corrected chi connectivity index (χ0v) is 11.7. The summed E-state index contributed by atoms with van der Waals surface area (Å²) in [5, 5.41) is 3.60. The summed E-state index contributed by atoms with van der Waals surface area (Å²) in [6, 6.07) is 0. The third-order valence-electron chi connectivity index (χ3n) is 1.86. The van der Waals surface area contributed by atoms with Crippen molar-refractivity contribution in [2.24, 2.45) is 7.05 Å². The molecule has 102 valence electrons. The van der Waals surface area contributed by atoms with Gasteiger partial charge in [-0.1, -0.05) is 41.5 Å². The van der Waals surface area contributed by atoms with E-state index in [0.29, 0.717) is 0 Å². The van der Waals surface area contributed by atoms with Crippen LogP contribution in [-0.4, -0.2) is 9.78 Å². The first-order valence-electron chi connectivity index (χ1n) is 5.93. The molecule has 1 rings (SSSR count). The molecule has 0 aromatic carbocycles. The largest absolute Gasteiger partial charge is 0.433 e. The van der Waals surface area contributed by atoms with Crippen LogP contribution in [-0.2, 0) is 13.2 Å². The molecule has 0 saturated carbocycles. The highest BCUT2D eigenvalue weighted by Crippen LogP contribution is 2.34. The first kappa shape index (κ1) is 18.4. The zero-order valence-electron chi connectivity index (χ0n) is 11.7. The molecule has 0 atom stereocenters. The Morgan fingerprint density at radius 3 is 1.76 bits per heavy atom. The molecule has 0 saturated heterocycles. The Bertz CT molecular complexity index is 301. The maximum Gasteiger partial charge on any atom is 0.433 e. The quantitative estimate of drug-likeness (QED) is 0.713. The van der Waals surface area contributed by atoms with Gasteiger partial charge in [0.1, 0.15) is 5.69 Å². The van der Waals surface area contributed by atoms with Crippen molar-refractivity contribution >= 4 is 0 Å². The van der Waals surface area contributed by atoms with E-state index >= 15 is 0 Å². The summed E-state index contributed by atoms with van der Waals surface area (Å²) < 4.78 is 38.2. The van der Waals surface area contributed by atoms with E-state index in [9.17, 15) is 13.2 Å². The summed E-state index contributed by atoms with van der Waals surface area (Å²) >= 11 is 0. The van der Waals surface area contributed by atoms with Crippen molar-refractivity contribution in [3.63, 3.8) is 0 Å². The predicted molar refractivity (Wildman–Crippen MR) is 65.0 cm³/mol. The van der Waals surface area contributed by atoms with E-state index in [1.165, 1.54) is 13.2 Å². The van der Waals surface area contributed by atoms with Crippen LogP contribution in [0.5, 0.6) is 0 Å². The molecular formula is C12H23F3N2. The molecule has 0 aliphatic heterocycles. The van der Waals surface area contributed by atoms with Gasteiger partial charge in [-0.3, -0.25) is 4.68 Å². The average molecular weight is 252 g/mol. The van der Waals surface area contributed by atoms with E-state index in [2.05, 4.69) is 5.10 Å². The van der Waals surface area contributed by atoms with Crippen LogP contribution in [0.25, 0.3) is 0 Å². The number of hydrogen-bond donors (Lipinski definition) is 0. The second-order valence-electron chi connectivity index (χ2n) is 3.22. The Balaban J connectivity index is 0. The van der Waals surface area contributed by atoms with Crippen molar-refractivity contribution in [1.82, 2.24) is 9.78 Å². The monoisotopic (exact) mass is 252 g/mol. The van der Waals surface area contributed by atoms with Gasteiger partial charge in [0.25, 0.3) is 0 Å². The number of aromatic nitrogens is 2. The fourth-order valence-corrected chi connectivity index (χ4v) is 1.22. The highest BCUT2D eigenvalue weighted by molar-refractivity contribution is 5.23. The Hall–Kier alpha value is -1.00. The van der Waals surface area contributed by atoms with Gasteiger partial charge < -0.3 is 0 Å². The summed E-state index contributed by atoms with van der Waals surface area (Å²) in [5.41, 5.74) is -0.405. The van der Waals surface area contributed by atoms with Crippen LogP contribution in [0.15, 0.2) is 6.20 Å². The fraction of sp³-hybridized carbons (Fsp3) is 0.750. The van der Waals surface area contributed by atoms with Gasteiger partial charge in [0, 0.05) is 12.6 Å². The molecule has 5 heteroatoms. The smallest absolute Gasteiger partial charge is 0.263 e. The van der Waals surface area contributed by atoms with Crippen LogP contribution >= 0.6 is 0 Å². The van der Waals surface area contributed by atoms with Crippen LogP contribution in [0.2, 0.25) is 0 Å².